The molecule has 1 aromatic heterocycles. The van der Waals surface area contributed by atoms with Crippen molar-refractivity contribution < 1.29 is 19.4 Å². The molecule has 0 saturated carbocycles. The highest BCUT2D eigenvalue weighted by Crippen LogP contribution is 2.21. The van der Waals surface area contributed by atoms with Gasteiger partial charge in [-0.2, -0.15) is 0 Å². The number of aliphatic carboxylic acids is 1. The van der Waals surface area contributed by atoms with E-state index in [1.807, 2.05) is 6.92 Å². The van der Waals surface area contributed by atoms with Gasteiger partial charge in [0, 0.05) is 22.2 Å². The Morgan fingerprint density at radius 2 is 2.15 bits per heavy atom. The summed E-state index contributed by atoms with van der Waals surface area (Å²) in [5.41, 5.74) is 0. The summed E-state index contributed by atoms with van der Waals surface area (Å²) in [6, 6.07) is 4.13. The van der Waals surface area contributed by atoms with Crippen LogP contribution in [0.15, 0.2) is 12.1 Å². The Balaban J connectivity index is 1.81. The lowest BCUT2D eigenvalue weighted by atomic mass is 10.1. The fourth-order valence-electron chi connectivity index (χ4n) is 2.30. The molecule has 0 radical (unpaired) electrons. The Morgan fingerprint density at radius 1 is 1.45 bits per heavy atom. The van der Waals surface area contributed by atoms with Crippen molar-refractivity contribution in [1.29, 1.82) is 0 Å². The van der Waals surface area contributed by atoms with Crippen LogP contribution in [0.4, 0.5) is 0 Å². The molecule has 1 aromatic rings. The Labute approximate surface area is 121 Å². The summed E-state index contributed by atoms with van der Waals surface area (Å²) in [7, 11) is 0. The molecule has 1 aliphatic heterocycles. The Morgan fingerprint density at radius 3 is 2.70 bits per heavy atom. The summed E-state index contributed by atoms with van der Waals surface area (Å²) in [5.74, 6) is -1.21. The smallest absolute Gasteiger partial charge is 0.332 e. The number of hydrogen-bond donors (Lipinski definition) is 2. The first kappa shape index (κ1) is 15.0. The van der Waals surface area contributed by atoms with Gasteiger partial charge in [0.1, 0.15) is 6.10 Å². The monoisotopic (exact) mass is 297 g/mol. The van der Waals surface area contributed by atoms with Crippen molar-refractivity contribution in [3.63, 3.8) is 0 Å². The SMILES string of the molecule is Cc1ccc(CC(C)NC(=O)C2CCC(C(=O)O)O2)s1. The van der Waals surface area contributed by atoms with Crippen LogP contribution in [0, 0.1) is 6.92 Å². The lowest BCUT2D eigenvalue weighted by Gasteiger charge is -2.16. The summed E-state index contributed by atoms with van der Waals surface area (Å²) in [4.78, 5) is 25.3. The first-order valence-corrected chi connectivity index (χ1v) is 7.51. The average molecular weight is 297 g/mol. The number of amides is 1. The molecular formula is C14H19NO4S. The lowest BCUT2D eigenvalue weighted by Crippen LogP contribution is -2.41. The Hall–Kier alpha value is -1.40. The number of rotatable bonds is 5. The van der Waals surface area contributed by atoms with E-state index in [2.05, 4.69) is 24.4 Å². The molecule has 3 unspecified atom stereocenters. The first-order valence-electron chi connectivity index (χ1n) is 6.69. The normalized spacial score (nSPS) is 23.5. The minimum atomic E-state index is -0.998. The zero-order valence-electron chi connectivity index (χ0n) is 11.6. The second kappa shape index (κ2) is 6.37. The molecule has 0 aromatic carbocycles. The molecule has 110 valence electrons. The van der Waals surface area contributed by atoms with Crippen LogP contribution in [0.2, 0.25) is 0 Å². The van der Waals surface area contributed by atoms with E-state index in [-0.39, 0.29) is 11.9 Å². The molecule has 6 heteroatoms. The summed E-state index contributed by atoms with van der Waals surface area (Å²) < 4.78 is 5.23. The Bertz CT molecular complexity index is 499. The van der Waals surface area contributed by atoms with Crippen molar-refractivity contribution in [1.82, 2.24) is 5.32 Å². The number of thiophene rings is 1. The van der Waals surface area contributed by atoms with Crippen LogP contribution in [-0.4, -0.2) is 35.2 Å². The van der Waals surface area contributed by atoms with Gasteiger partial charge in [0.25, 0.3) is 0 Å². The highest BCUT2D eigenvalue weighted by molar-refractivity contribution is 7.11. The predicted molar refractivity (Wildman–Crippen MR) is 75.9 cm³/mol. The maximum Gasteiger partial charge on any atom is 0.332 e. The van der Waals surface area contributed by atoms with Crippen LogP contribution < -0.4 is 5.32 Å². The van der Waals surface area contributed by atoms with Crippen molar-refractivity contribution >= 4 is 23.2 Å². The molecule has 1 saturated heterocycles. The van der Waals surface area contributed by atoms with E-state index in [4.69, 9.17) is 9.84 Å². The van der Waals surface area contributed by atoms with Crippen LogP contribution in [0.5, 0.6) is 0 Å². The van der Waals surface area contributed by atoms with E-state index in [1.54, 1.807) is 11.3 Å². The van der Waals surface area contributed by atoms with Crippen molar-refractivity contribution in [3.05, 3.63) is 21.9 Å². The van der Waals surface area contributed by atoms with E-state index < -0.39 is 18.2 Å². The van der Waals surface area contributed by atoms with E-state index in [0.717, 1.165) is 6.42 Å². The van der Waals surface area contributed by atoms with Gasteiger partial charge in [-0.3, -0.25) is 4.79 Å². The van der Waals surface area contributed by atoms with E-state index in [9.17, 15) is 9.59 Å². The largest absolute Gasteiger partial charge is 0.479 e. The van der Waals surface area contributed by atoms with Gasteiger partial charge in [0.05, 0.1) is 0 Å². The minimum Gasteiger partial charge on any atom is -0.479 e. The number of carboxylic acids is 1. The van der Waals surface area contributed by atoms with Crippen molar-refractivity contribution in [2.24, 2.45) is 0 Å². The number of carbonyl (C=O) groups is 2. The van der Waals surface area contributed by atoms with Crippen molar-refractivity contribution in [2.45, 2.75) is 51.4 Å². The number of nitrogens with one attached hydrogen (secondary N) is 1. The fraction of sp³-hybridized carbons (Fsp3) is 0.571. The summed E-state index contributed by atoms with van der Waals surface area (Å²) in [6.45, 7) is 3.99. The molecule has 3 atom stereocenters. The van der Waals surface area contributed by atoms with Gasteiger partial charge in [0.2, 0.25) is 5.91 Å². The predicted octanol–water partition coefficient (Wildman–Crippen LogP) is 1.74. The van der Waals surface area contributed by atoms with Crippen LogP contribution in [0.25, 0.3) is 0 Å². The standard InChI is InChI=1S/C14H19NO4S/c1-8(7-10-4-3-9(2)20-10)15-13(16)11-5-6-12(19-11)14(17)18/h3-4,8,11-12H,5-7H2,1-2H3,(H,15,16)(H,17,18). The third-order valence-corrected chi connectivity index (χ3v) is 4.30. The lowest BCUT2D eigenvalue weighted by molar-refractivity contribution is -0.151. The van der Waals surface area contributed by atoms with Gasteiger partial charge in [-0.1, -0.05) is 0 Å². The third kappa shape index (κ3) is 3.80. The van der Waals surface area contributed by atoms with Gasteiger partial charge in [0.15, 0.2) is 6.10 Å². The third-order valence-electron chi connectivity index (χ3n) is 3.28. The quantitative estimate of drug-likeness (QED) is 0.868. The fourth-order valence-corrected chi connectivity index (χ4v) is 3.31. The average Bonchev–Trinajstić information content (AvgIpc) is 2.98. The van der Waals surface area contributed by atoms with Crippen molar-refractivity contribution in [2.75, 3.05) is 0 Å². The number of carbonyl (C=O) groups excluding carboxylic acids is 1. The molecule has 0 spiro atoms. The molecule has 5 nitrogen and oxygen atoms in total. The second-order valence-electron chi connectivity index (χ2n) is 5.16. The van der Waals surface area contributed by atoms with Gasteiger partial charge in [-0.05, 0) is 38.8 Å². The highest BCUT2D eigenvalue weighted by Gasteiger charge is 2.34. The van der Waals surface area contributed by atoms with E-state index >= 15 is 0 Å². The van der Waals surface area contributed by atoms with Crippen molar-refractivity contribution in [3.8, 4) is 0 Å². The number of carboxylic acid groups (broad SMARTS) is 1. The molecule has 20 heavy (non-hydrogen) atoms. The topological polar surface area (TPSA) is 75.6 Å². The second-order valence-corrected chi connectivity index (χ2v) is 6.53. The summed E-state index contributed by atoms with van der Waals surface area (Å²) >= 11 is 1.72. The van der Waals surface area contributed by atoms with E-state index in [1.165, 1.54) is 9.75 Å². The van der Waals surface area contributed by atoms with Crippen LogP contribution in [0.3, 0.4) is 0 Å². The van der Waals surface area contributed by atoms with Gasteiger partial charge >= 0.3 is 5.97 Å². The maximum atomic E-state index is 12.0. The zero-order valence-corrected chi connectivity index (χ0v) is 12.4. The van der Waals surface area contributed by atoms with Crippen LogP contribution in [-0.2, 0) is 20.7 Å². The molecule has 0 aliphatic carbocycles. The first-order chi connectivity index (χ1) is 9.45. The molecule has 0 bridgehead atoms. The summed E-state index contributed by atoms with van der Waals surface area (Å²) in [5, 5.41) is 11.7. The van der Waals surface area contributed by atoms with Gasteiger partial charge < -0.3 is 15.2 Å². The van der Waals surface area contributed by atoms with Crippen LogP contribution in [0.1, 0.15) is 29.5 Å². The zero-order chi connectivity index (χ0) is 14.7. The molecule has 1 fully saturated rings. The van der Waals surface area contributed by atoms with Gasteiger partial charge in [-0.25, -0.2) is 4.79 Å². The summed E-state index contributed by atoms with van der Waals surface area (Å²) in [6.07, 6.45) is 0.156. The highest BCUT2D eigenvalue weighted by atomic mass is 32.1. The number of aryl methyl sites for hydroxylation is 1. The molecule has 1 amide bonds. The minimum absolute atomic E-state index is 0.00743. The van der Waals surface area contributed by atoms with Gasteiger partial charge in [-0.15, -0.1) is 11.3 Å². The number of hydrogen-bond acceptors (Lipinski definition) is 4. The molecule has 2 N–H and O–H groups in total. The molecular weight excluding hydrogens is 278 g/mol. The molecule has 1 aliphatic rings. The Kier molecular flexibility index (Phi) is 4.77. The molecule has 2 heterocycles. The number of ether oxygens (including phenoxy) is 1. The maximum absolute atomic E-state index is 12.0. The molecule has 2 rings (SSSR count). The van der Waals surface area contributed by atoms with E-state index in [0.29, 0.717) is 12.8 Å². The van der Waals surface area contributed by atoms with Crippen LogP contribution >= 0.6 is 11.3 Å².